The van der Waals surface area contributed by atoms with Crippen molar-refractivity contribution < 1.29 is 9.47 Å². The summed E-state index contributed by atoms with van der Waals surface area (Å²) in [6.45, 7) is 3.08. The predicted molar refractivity (Wildman–Crippen MR) is 78.8 cm³/mol. The van der Waals surface area contributed by atoms with Crippen molar-refractivity contribution in [3.8, 4) is 11.5 Å². The summed E-state index contributed by atoms with van der Waals surface area (Å²) in [6.07, 6.45) is 0. The molecular weight excluding hydrogens is 306 g/mol. The van der Waals surface area contributed by atoms with Crippen LogP contribution in [0.15, 0.2) is 40.9 Å². The van der Waals surface area contributed by atoms with Gasteiger partial charge in [-0.1, -0.05) is 18.2 Å². The second-order valence-electron chi connectivity index (χ2n) is 4.49. The van der Waals surface area contributed by atoms with E-state index in [-0.39, 0.29) is 0 Å². The van der Waals surface area contributed by atoms with Crippen molar-refractivity contribution in [2.24, 2.45) is 0 Å². The maximum absolute atomic E-state index is 5.49. The second-order valence-corrected chi connectivity index (χ2v) is 5.34. The lowest BCUT2D eigenvalue weighted by Gasteiger charge is -2.11. The normalized spacial score (nSPS) is 12.5. The second kappa shape index (κ2) is 5.13. The Morgan fingerprint density at radius 1 is 1.21 bits per heavy atom. The van der Waals surface area contributed by atoms with Gasteiger partial charge in [0, 0.05) is 22.3 Å². The third-order valence-electron chi connectivity index (χ3n) is 3.07. The molecule has 2 aromatic carbocycles. The van der Waals surface area contributed by atoms with Gasteiger partial charge in [0.25, 0.3) is 0 Å². The van der Waals surface area contributed by atoms with E-state index >= 15 is 0 Å². The van der Waals surface area contributed by atoms with E-state index in [0.717, 1.165) is 27.2 Å². The average Bonchev–Trinajstić information content (AvgIpc) is 2.86. The van der Waals surface area contributed by atoms with Gasteiger partial charge in [0.05, 0.1) is 0 Å². The molecule has 3 nitrogen and oxygen atoms in total. The summed E-state index contributed by atoms with van der Waals surface area (Å²) in [5.41, 5.74) is 3.40. The van der Waals surface area contributed by atoms with Crippen molar-refractivity contribution in [3.63, 3.8) is 0 Å². The summed E-state index contributed by atoms with van der Waals surface area (Å²) in [5, 5.41) is 3.40. The third kappa shape index (κ3) is 2.54. The molecule has 0 aliphatic carbocycles. The Hall–Kier alpha value is -1.68. The molecule has 3 rings (SSSR count). The fourth-order valence-corrected chi connectivity index (χ4v) is 2.72. The van der Waals surface area contributed by atoms with Crippen LogP contribution in [-0.2, 0) is 6.54 Å². The summed E-state index contributed by atoms with van der Waals surface area (Å²) in [4.78, 5) is 0. The molecule has 0 unspecified atom stereocenters. The topological polar surface area (TPSA) is 30.5 Å². The van der Waals surface area contributed by atoms with Gasteiger partial charge in [0.15, 0.2) is 11.5 Å². The van der Waals surface area contributed by atoms with Crippen LogP contribution >= 0.6 is 15.9 Å². The first-order valence-electron chi connectivity index (χ1n) is 6.11. The zero-order valence-electron chi connectivity index (χ0n) is 10.6. The van der Waals surface area contributed by atoms with Gasteiger partial charge in [-0.15, -0.1) is 0 Å². The number of hydrogen-bond donors (Lipinski definition) is 1. The van der Waals surface area contributed by atoms with Gasteiger partial charge in [-0.3, -0.25) is 0 Å². The number of halogens is 1. The first kappa shape index (κ1) is 12.4. The molecule has 0 bridgehead atoms. The highest BCUT2D eigenvalue weighted by molar-refractivity contribution is 9.10. The number of para-hydroxylation sites is 1. The van der Waals surface area contributed by atoms with Crippen LogP contribution in [-0.4, -0.2) is 6.79 Å². The summed E-state index contributed by atoms with van der Waals surface area (Å²) < 4.78 is 11.9. The number of anilines is 1. The quantitative estimate of drug-likeness (QED) is 0.924. The van der Waals surface area contributed by atoms with Gasteiger partial charge in [0.1, 0.15) is 0 Å². The number of aryl methyl sites for hydroxylation is 1. The number of rotatable bonds is 3. The van der Waals surface area contributed by atoms with Gasteiger partial charge in [-0.25, -0.2) is 0 Å². The molecular formula is C15H14BrNO2. The molecule has 0 radical (unpaired) electrons. The molecule has 0 amide bonds. The van der Waals surface area contributed by atoms with E-state index in [2.05, 4.69) is 46.4 Å². The summed E-state index contributed by atoms with van der Waals surface area (Å²) in [6, 6.07) is 12.2. The van der Waals surface area contributed by atoms with Crippen LogP contribution in [0.3, 0.4) is 0 Å². The zero-order chi connectivity index (χ0) is 13.2. The Bertz CT molecular complexity index is 613. The van der Waals surface area contributed by atoms with E-state index < -0.39 is 0 Å². The van der Waals surface area contributed by atoms with Crippen LogP contribution in [0.2, 0.25) is 0 Å². The van der Waals surface area contributed by atoms with Crippen LogP contribution in [0.1, 0.15) is 11.1 Å². The maximum atomic E-state index is 5.49. The van der Waals surface area contributed by atoms with Crippen LogP contribution < -0.4 is 14.8 Å². The lowest BCUT2D eigenvalue weighted by Crippen LogP contribution is -2.01. The Morgan fingerprint density at radius 2 is 2.11 bits per heavy atom. The van der Waals surface area contributed by atoms with Gasteiger partial charge in [-0.2, -0.15) is 0 Å². The molecule has 0 spiro atoms. The van der Waals surface area contributed by atoms with Gasteiger partial charge in [-0.05, 0) is 46.6 Å². The molecule has 19 heavy (non-hydrogen) atoms. The molecule has 2 aromatic rings. The van der Waals surface area contributed by atoms with Crippen molar-refractivity contribution >= 4 is 21.6 Å². The Kier molecular flexibility index (Phi) is 3.34. The van der Waals surface area contributed by atoms with E-state index in [1.165, 1.54) is 5.56 Å². The lowest BCUT2D eigenvalue weighted by atomic mass is 10.1. The molecule has 0 aromatic heterocycles. The highest BCUT2D eigenvalue weighted by Gasteiger charge is 2.16. The molecule has 0 saturated heterocycles. The molecule has 1 aliphatic rings. The molecule has 0 atom stereocenters. The zero-order valence-corrected chi connectivity index (χ0v) is 12.2. The first-order chi connectivity index (χ1) is 9.24. The summed E-state index contributed by atoms with van der Waals surface area (Å²) in [7, 11) is 0. The molecule has 1 N–H and O–H groups in total. The molecule has 98 valence electrons. The van der Waals surface area contributed by atoms with Crippen LogP contribution in [0.4, 0.5) is 5.69 Å². The van der Waals surface area contributed by atoms with E-state index in [1.54, 1.807) is 0 Å². The van der Waals surface area contributed by atoms with Crippen molar-refractivity contribution in [1.82, 2.24) is 0 Å². The number of hydrogen-bond acceptors (Lipinski definition) is 3. The monoisotopic (exact) mass is 319 g/mol. The highest BCUT2D eigenvalue weighted by atomic mass is 79.9. The fourth-order valence-electron chi connectivity index (χ4n) is 2.08. The van der Waals surface area contributed by atoms with Crippen LogP contribution in [0.5, 0.6) is 11.5 Å². The molecule has 4 heteroatoms. The highest BCUT2D eigenvalue weighted by Crippen LogP contribution is 2.36. The van der Waals surface area contributed by atoms with E-state index in [9.17, 15) is 0 Å². The molecule has 0 fully saturated rings. The number of benzene rings is 2. The third-order valence-corrected chi connectivity index (χ3v) is 3.73. The maximum Gasteiger partial charge on any atom is 0.231 e. The minimum Gasteiger partial charge on any atom is -0.454 e. The molecule has 1 aliphatic heterocycles. The number of ether oxygens (including phenoxy) is 2. The van der Waals surface area contributed by atoms with E-state index in [1.807, 2.05) is 18.2 Å². The minimum absolute atomic E-state index is 0.306. The fraction of sp³-hybridized carbons (Fsp3) is 0.200. The summed E-state index contributed by atoms with van der Waals surface area (Å²) >= 11 is 3.56. The lowest BCUT2D eigenvalue weighted by molar-refractivity contribution is 0.173. The molecule has 1 heterocycles. The van der Waals surface area contributed by atoms with Crippen molar-refractivity contribution in [2.45, 2.75) is 13.5 Å². The summed E-state index contributed by atoms with van der Waals surface area (Å²) in [5.74, 6) is 1.67. The standard InChI is InChI=1S/C15H14BrNO2/c1-10-5-6-13(12(16)7-10)17-8-11-3-2-4-14-15(11)19-9-18-14/h2-7,17H,8-9H2,1H3. The Labute approximate surface area is 120 Å². The SMILES string of the molecule is Cc1ccc(NCc2cccc3c2OCO3)c(Br)c1. The first-order valence-corrected chi connectivity index (χ1v) is 6.91. The van der Waals surface area contributed by atoms with Crippen LogP contribution in [0.25, 0.3) is 0 Å². The Balaban J connectivity index is 1.78. The van der Waals surface area contributed by atoms with E-state index in [0.29, 0.717) is 13.3 Å². The van der Waals surface area contributed by atoms with Crippen LogP contribution in [0, 0.1) is 6.92 Å². The van der Waals surface area contributed by atoms with Gasteiger partial charge >= 0.3 is 0 Å². The van der Waals surface area contributed by atoms with Gasteiger partial charge < -0.3 is 14.8 Å². The smallest absolute Gasteiger partial charge is 0.231 e. The largest absolute Gasteiger partial charge is 0.454 e. The average molecular weight is 320 g/mol. The van der Waals surface area contributed by atoms with Crippen molar-refractivity contribution in [2.75, 3.05) is 12.1 Å². The van der Waals surface area contributed by atoms with Gasteiger partial charge in [0.2, 0.25) is 6.79 Å². The predicted octanol–water partition coefficient (Wildman–Crippen LogP) is 4.10. The number of nitrogens with one attached hydrogen (secondary N) is 1. The van der Waals surface area contributed by atoms with E-state index in [4.69, 9.17) is 9.47 Å². The number of fused-ring (bicyclic) bond motifs is 1. The Morgan fingerprint density at radius 3 is 2.95 bits per heavy atom. The van der Waals surface area contributed by atoms with Crippen molar-refractivity contribution in [1.29, 1.82) is 0 Å². The minimum atomic E-state index is 0.306. The molecule has 0 saturated carbocycles. The van der Waals surface area contributed by atoms with Crippen molar-refractivity contribution in [3.05, 3.63) is 52.0 Å².